The summed E-state index contributed by atoms with van der Waals surface area (Å²) in [5.74, 6) is 0.140. The number of carbonyl (C=O) groups is 1. The molecule has 3 rings (SSSR count). The quantitative estimate of drug-likeness (QED) is 0.444. The number of benzene rings is 2. The van der Waals surface area contributed by atoms with E-state index in [1.807, 2.05) is 0 Å². The van der Waals surface area contributed by atoms with Crippen LogP contribution in [0.1, 0.15) is 36.3 Å². The van der Waals surface area contributed by atoms with Gasteiger partial charge in [-0.3, -0.25) is 0 Å². The van der Waals surface area contributed by atoms with Gasteiger partial charge in [-0.05, 0) is 69.6 Å². The van der Waals surface area contributed by atoms with Gasteiger partial charge < -0.3 is 15.5 Å². The summed E-state index contributed by atoms with van der Waals surface area (Å²) in [4.78, 5) is 14.9. The first-order valence-corrected chi connectivity index (χ1v) is 14.0. The number of nitrogens with zero attached hydrogens (tertiary/aromatic N) is 1. The van der Waals surface area contributed by atoms with Crippen LogP contribution in [-0.2, 0) is 10.0 Å². The summed E-state index contributed by atoms with van der Waals surface area (Å²) in [5.41, 5.74) is 2.89. The van der Waals surface area contributed by atoms with Crippen LogP contribution in [0.2, 0.25) is 10.0 Å². The molecule has 2 aromatic rings. The molecule has 1 fully saturated rings. The van der Waals surface area contributed by atoms with Gasteiger partial charge in [0.15, 0.2) is 0 Å². The molecule has 2 aromatic carbocycles. The monoisotopic (exact) mass is 526 g/mol. The summed E-state index contributed by atoms with van der Waals surface area (Å²) in [5, 5.41) is 6.66. The molecule has 1 saturated heterocycles. The Balaban J connectivity index is 1.55. The van der Waals surface area contributed by atoms with Crippen molar-refractivity contribution in [1.82, 2.24) is 14.9 Å². The molecule has 1 aliphatic heterocycles. The summed E-state index contributed by atoms with van der Waals surface area (Å²) >= 11 is 12.0. The van der Waals surface area contributed by atoms with Crippen LogP contribution in [0.3, 0.4) is 0 Å². The Bertz CT molecular complexity index is 1050. The van der Waals surface area contributed by atoms with Crippen molar-refractivity contribution in [3.8, 4) is 0 Å². The maximum absolute atomic E-state index is 12.5. The predicted molar refractivity (Wildman–Crippen MR) is 139 cm³/mol. The lowest BCUT2D eigenvalue weighted by Gasteiger charge is -2.33. The highest BCUT2D eigenvalue weighted by molar-refractivity contribution is 7.88. The molecular weight excluding hydrogens is 495 g/mol. The number of rotatable bonds is 9. The van der Waals surface area contributed by atoms with Crippen LogP contribution in [-0.4, -0.2) is 57.8 Å². The molecule has 0 aliphatic carbocycles. The average molecular weight is 528 g/mol. The lowest BCUT2D eigenvalue weighted by Crippen LogP contribution is -2.44. The molecule has 1 aliphatic rings. The van der Waals surface area contributed by atoms with Crippen molar-refractivity contribution in [1.29, 1.82) is 0 Å². The SMILES string of the molecule is Cc1ccc(C(CCN2CCC(NS(C)(=O)=O)CC2)CNC(=O)Nc2cc(Cl)cc(Cl)c2)cc1. The van der Waals surface area contributed by atoms with Crippen molar-refractivity contribution >= 4 is 44.9 Å². The van der Waals surface area contributed by atoms with Gasteiger partial charge in [0.25, 0.3) is 0 Å². The van der Waals surface area contributed by atoms with Crippen LogP contribution in [0.25, 0.3) is 0 Å². The van der Waals surface area contributed by atoms with Gasteiger partial charge in [0.05, 0.1) is 6.26 Å². The minimum absolute atomic E-state index is 0.00417. The van der Waals surface area contributed by atoms with Crippen molar-refractivity contribution in [2.75, 3.05) is 37.8 Å². The fourth-order valence-corrected chi connectivity index (χ4v) is 5.53. The van der Waals surface area contributed by atoms with E-state index >= 15 is 0 Å². The number of halogens is 2. The second-order valence-corrected chi connectivity index (χ2v) is 11.5. The van der Waals surface area contributed by atoms with E-state index in [4.69, 9.17) is 23.2 Å². The molecule has 10 heteroatoms. The number of sulfonamides is 1. The standard InChI is InChI=1S/C24H32Cl2N4O3S/c1-17-3-5-18(6-4-17)19(7-10-30-11-8-22(9-12-30)29-34(2,32)33)16-27-24(31)28-23-14-20(25)13-21(26)15-23/h3-6,13-15,19,22,29H,7-12,16H2,1-2H3,(H2,27,28,31). The lowest BCUT2D eigenvalue weighted by molar-refractivity contribution is 0.200. The Morgan fingerprint density at radius 1 is 1.09 bits per heavy atom. The van der Waals surface area contributed by atoms with E-state index in [1.54, 1.807) is 18.2 Å². The van der Waals surface area contributed by atoms with Crippen molar-refractivity contribution in [3.63, 3.8) is 0 Å². The van der Waals surface area contributed by atoms with Crippen LogP contribution in [0.4, 0.5) is 10.5 Å². The largest absolute Gasteiger partial charge is 0.337 e. The molecule has 2 amide bonds. The number of carbonyl (C=O) groups excluding carboxylic acids is 1. The molecule has 3 N–H and O–H groups in total. The molecular formula is C24H32Cl2N4O3S. The molecule has 186 valence electrons. The molecule has 0 bridgehead atoms. The van der Waals surface area contributed by atoms with Gasteiger partial charge in [-0.1, -0.05) is 53.0 Å². The molecule has 1 heterocycles. The van der Waals surface area contributed by atoms with Crippen LogP contribution in [0.15, 0.2) is 42.5 Å². The smallest absolute Gasteiger partial charge is 0.319 e. The number of likely N-dealkylation sites (tertiary alicyclic amines) is 1. The molecule has 7 nitrogen and oxygen atoms in total. The number of aryl methyl sites for hydroxylation is 1. The summed E-state index contributed by atoms with van der Waals surface area (Å²) < 4.78 is 25.7. The van der Waals surface area contributed by atoms with Crippen LogP contribution >= 0.6 is 23.2 Å². The third-order valence-electron chi connectivity index (χ3n) is 5.94. The maximum atomic E-state index is 12.5. The average Bonchev–Trinajstić information content (AvgIpc) is 2.74. The third-order valence-corrected chi connectivity index (χ3v) is 7.14. The summed E-state index contributed by atoms with van der Waals surface area (Å²) in [6.07, 6.45) is 3.67. The summed E-state index contributed by atoms with van der Waals surface area (Å²) in [7, 11) is -3.18. The van der Waals surface area contributed by atoms with E-state index in [1.165, 1.54) is 17.4 Å². The highest BCUT2D eigenvalue weighted by atomic mass is 35.5. The minimum Gasteiger partial charge on any atom is -0.337 e. The predicted octanol–water partition coefficient (Wildman–Crippen LogP) is 4.61. The van der Waals surface area contributed by atoms with E-state index in [0.29, 0.717) is 22.3 Å². The fraction of sp³-hybridized carbons (Fsp3) is 0.458. The normalized spacial score (nSPS) is 16.2. The number of piperidine rings is 1. The highest BCUT2D eigenvalue weighted by Crippen LogP contribution is 2.24. The maximum Gasteiger partial charge on any atom is 0.319 e. The number of urea groups is 1. The minimum atomic E-state index is -3.18. The van der Waals surface area contributed by atoms with E-state index in [2.05, 4.69) is 51.4 Å². The zero-order valence-corrected chi connectivity index (χ0v) is 21.8. The number of anilines is 1. The topological polar surface area (TPSA) is 90.5 Å². The first kappa shape index (κ1) is 26.8. The van der Waals surface area contributed by atoms with Gasteiger partial charge in [0.1, 0.15) is 0 Å². The highest BCUT2D eigenvalue weighted by Gasteiger charge is 2.22. The molecule has 0 radical (unpaired) electrons. The van der Waals surface area contributed by atoms with Gasteiger partial charge in [0.2, 0.25) is 10.0 Å². The van der Waals surface area contributed by atoms with Gasteiger partial charge in [-0.15, -0.1) is 0 Å². The van der Waals surface area contributed by atoms with E-state index in [9.17, 15) is 13.2 Å². The van der Waals surface area contributed by atoms with Crippen molar-refractivity contribution in [3.05, 3.63) is 63.6 Å². The fourth-order valence-electron chi connectivity index (χ4n) is 4.16. The van der Waals surface area contributed by atoms with Gasteiger partial charge in [-0.2, -0.15) is 0 Å². The zero-order valence-electron chi connectivity index (χ0n) is 19.5. The number of nitrogens with one attached hydrogen (secondary N) is 3. The number of hydrogen-bond donors (Lipinski definition) is 3. The first-order chi connectivity index (χ1) is 16.1. The van der Waals surface area contributed by atoms with Crippen LogP contribution in [0.5, 0.6) is 0 Å². The Morgan fingerprint density at radius 2 is 1.71 bits per heavy atom. The zero-order chi connectivity index (χ0) is 24.7. The van der Waals surface area contributed by atoms with E-state index in [-0.39, 0.29) is 18.0 Å². The van der Waals surface area contributed by atoms with Gasteiger partial charge in [0, 0.05) is 34.2 Å². The Morgan fingerprint density at radius 3 is 2.29 bits per heavy atom. The first-order valence-electron chi connectivity index (χ1n) is 11.3. The van der Waals surface area contributed by atoms with Crippen LogP contribution < -0.4 is 15.4 Å². The second-order valence-electron chi connectivity index (χ2n) is 8.90. The second kappa shape index (κ2) is 12.2. The van der Waals surface area contributed by atoms with E-state index < -0.39 is 10.0 Å². The number of amides is 2. The van der Waals surface area contributed by atoms with Gasteiger partial charge in [-0.25, -0.2) is 17.9 Å². The molecule has 1 unspecified atom stereocenters. The summed E-state index contributed by atoms with van der Waals surface area (Å²) in [6.45, 7) is 5.09. The van der Waals surface area contributed by atoms with Crippen LogP contribution in [0, 0.1) is 6.92 Å². The molecule has 1 atom stereocenters. The van der Waals surface area contributed by atoms with Crippen molar-refractivity contribution < 1.29 is 13.2 Å². The summed E-state index contributed by atoms with van der Waals surface area (Å²) in [6, 6.07) is 13.0. The molecule has 0 spiro atoms. The Kier molecular flexibility index (Phi) is 9.62. The lowest BCUT2D eigenvalue weighted by atomic mass is 9.94. The molecule has 0 aromatic heterocycles. The molecule has 0 saturated carbocycles. The molecule has 34 heavy (non-hydrogen) atoms. The van der Waals surface area contributed by atoms with Crippen molar-refractivity contribution in [2.24, 2.45) is 0 Å². The Labute approximate surface area is 212 Å². The third kappa shape index (κ3) is 9.07. The van der Waals surface area contributed by atoms with Gasteiger partial charge >= 0.3 is 6.03 Å². The Hall–Kier alpha value is -1.84. The van der Waals surface area contributed by atoms with Crippen molar-refractivity contribution in [2.45, 2.75) is 38.1 Å². The van der Waals surface area contributed by atoms with E-state index in [0.717, 1.165) is 38.9 Å². The number of hydrogen-bond acceptors (Lipinski definition) is 4.